The van der Waals surface area contributed by atoms with Crippen LogP contribution >= 0.6 is 0 Å². The molecular formula is C18H17N3O4. The fourth-order valence-electron chi connectivity index (χ4n) is 2.67. The van der Waals surface area contributed by atoms with E-state index in [1.807, 2.05) is 6.92 Å². The molecule has 0 aromatic heterocycles. The lowest BCUT2D eigenvalue weighted by atomic mass is 10.1. The van der Waals surface area contributed by atoms with Crippen LogP contribution in [-0.2, 0) is 0 Å². The lowest BCUT2D eigenvalue weighted by molar-refractivity contribution is -0.384. The highest BCUT2D eigenvalue weighted by Crippen LogP contribution is 2.27. The summed E-state index contributed by atoms with van der Waals surface area (Å²) in [5.74, 6) is 0.526. The topological polar surface area (TPSA) is 85.0 Å². The van der Waals surface area contributed by atoms with Gasteiger partial charge >= 0.3 is 0 Å². The van der Waals surface area contributed by atoms with Crippen molar-refractivity contribution in [3.05, 3.63) is 63.7 Å². The van der Waals surface area contributed by atoms with E-state index in [2.05, 4.69) is 4.99 Å². The van der Waals surface area contributed by atoms with Crippen molar-refractivity contribution in [2.24, 2.45) is 4.99 Å². The Hall–Kier alpha value is -3.22. The second kappa shape index (κ2) is 7.12. The summed E-state index contributed by atoms with van der Waals surface area (Å²) in [7, 11) is 0. The minimum Gasteiger partial charge on any atom is -0.494 e. The van der Waals surface area contributed by atoms with Gasteiger partial charge in [-0.15, -0.1) is 0 Å². The third-order valence-corrected chi connectivity index (χ3v) is 3.85. The smallest absolute Gasteiger partial charge is 0.270 e. The van der Waals surface area contributed by atoms with Crippen molar-refractivity contribution >= 4 is 23.5 Å². The lowest BCUT2D eigenvalue weighted by Gasteiger charge is -2.22. The molecule has 0 saturated carbocycles. The average molecular weight is 339 g/mol. The van der Waals surface area contributed by atoms with Gasteiger partial charge < -0.3 is 9.64 Å². The maximum absolute atomic E-state index is 12.9. The van der Waals surface area contributed by atoms with Crippen molar-refractivity contribution in [1.82, 2.24) is 0 Å². The number of nitrogens with zero attached hydrogens (tertiary/aromatic N) is 3. The minimum atomic E-state index is -0.461. The number of benzodiazepines with no additional fused rings is 1. The molecule has 0 saturated heterocycles. The van der Waals surface area contributed by atoms with Gasteiger partial charge in [0.25, 0.3) is 11.6 Å². The number of hydrogen-bond acceptors (Lipinski definition) is 5. The zero-order valence-electron chi connectivity index (χ0n) is 13.7. The Morgan fingerprint density at radius 3 is 2.72 bits per heavy atom. The van der Waals surface area contributed by atoms with Crippen LogP contribution in [0.2, 0.25) is 0 Å². The highest BCUT2D eigenvalue weighted by atomic mass is 16.6. The third kappa shape index (κ3) is 3.50. The molecule has 7 nitrogen and oxygen atoms in total. The highest BCUT2D eigenvalue weighted by molar-refractivity contribution is 6.09. The molecule has 1 aliphatic heterocycles. The summed E-state index contributed by atoms with van der Waals surface area (Å²) in [6.07, 6.45) is 1.58. The normalized spacial score (nSPS) is 13.1. The van der Waals surface area contributed by atoms with E-state index in [0.717, 1.165) is 0 Å². The molecule has 2 aromatic rings. The van der Waals surface area contributed by atoms with Gasteiger partial charge in [0.1, 0.15) is 5.75 Å². The zero-order valence-corrected chi connectivity index (χ0v) is 13.7. The number of amides is 1. The molecule has 0 radical (unpaired) electrons. The number of benzene rings is 2. The first kappa shape index (κ1) is 16.6. The van der Waals surface area contributed by atoms with Crippen LogP contribution in [0.1, 0.15) is 22.8 Å². The van der Waals surface area contributed by atoms with Crippen LogP contribution in [0, 0.1) is 10.1 Å². The number of aliphatic imine (C=N–C) groups is 1. The summed E-state index contributed by atoms with van der Waals surface area (Å²) in [6.45, 7) is 3.30. The molecule has 128 valence electrons. The third-order valence-electron chi connectivity index (χ3n) is 3.85. The molecule has 2 aromatic carbocycles. The standard InChI is InChI=1S/C18H17N3O4/c1-2-25-16-6-3-13(4-7-16)18(22)20-10-9-19-12-14-11-15(21(23)24)5-8-17(14)20/h3-8,11-12H,2,9-10H2,1H3. The number of carbonyl (C=O) groups is 1. The Kier molecular flexibility index (Phi) is 4.74. The summed E-state index contributed by atoms with van der Waals surface area (Å²) in [6, 6.07) is 11.4. The van der Waals surface area contributed by atoms with Crippen LogP contribution < -0.4 is 9.64 Å². The maximum atomic E-state index is 12.9. The van der Waals surface area contributed by atoms with E-state index in [4.69, 9.17) is 4.74 Å². The van der Waals surface area contributed by atoms with Gasteiger partial charge in [0.05, 0.1) is 23.8 Å². The van der Waals surface area contributed by atoms with E-state index < -0.39 is 4.92 Å². The molecule has 1 heterocycles. The minimum absolute atomic E-state index is 0.0273. The van der Waals surface area contributed by atoms with E-state index in [-0.39, 0.29) is 11.6 Å². The van der Waals surface area contributed by atoms with Gasteiger partial charge in [-0.1, -0.05) is 0 Å². The number of hydrogen-bond donors (Lipinski definition) is 0. The number of fused-ring (bicyclic) bond motifs is 1. The van der Waals surface area contributed by atoms with Crippen molar-refractivity contribution in [3.8, 4) is 5.75 Å². The quantitative estimate of drug-likeness (QED) is 0.633. The Bertz CT molecular complexity index is 831. The number of rotatable bonds is 4. The summed E-state index contributed by atoms with van der Waals surface area (Å²) in [5, 5.41) is 11.0. The first-order valence-electron chi connectivity index (χ1n) is 7.93. The monoisotopic (exact) mass is 339 g/mol. The molecule has 0 aliphatic carbocycles. The predicted octanol–water partition coefficient (Wildman–Crippen LogP) is 3.07. The molecule has 0 bridgehead atoms. The summed E-state index contributed by atoms with van der Waals surface area (Å²) in [4.78, 5) is 29.2. The van der Waals surface area contributed by atoms with Crippen molar-refractivity contribution < 1.29 is 14.5 Å². The second-order valence-corrected chi connectivity index (χ2v) is 5.45. The van der Waals surface area contributed by atoms with E-state index in [1.54, 1.807) is 41.4 Å². The number of ether oxygens (including phenoxy) is 1. The van der Waals surface area contributed by atoms with E-state index in [0.29, 0.717) is 42.3 Å². The number of nitro groups is 1. The lowest BCUT2D eigenvalue weighted by Crippen LogP contribution is -2.33. The Morgan fingerprint density at radius 1 is 1.28 bits per heavy atom. The highest BCUT2D eigenvalue weighted by Gasteiger charge is 2.23. The molecule has 0 N–H and O–H groups in total. The summed E-state index contributed by atoms with van der Waals surface area (Å²) >= 11 is 0. The van der Waals surface area contributed by atoms with Crippen LogP contribution in [0.25, 0.3) is 0 Å². The van der Waals surface area contributed by atoms with Crippen molar-refractivity contribution in [1.29, 1.82) is 0 Å². The first-order valence-corrected chi connectivity index (χ1v) is 7.93. The second-order valence-electron chi connectivity index (χ2n) is 5.45. The molecule has 0 atom stereocenters. The SMILES string of the molecule is CCOc1ccc(C(=O)N2CCN=Cc3cc([N+](=O)[O-])ccc32)cc1. The van der Waals surface area contributed by atoms with E-state index >= 15 is 0 Å². The fraction of sp³-hybridized carbons (Fsp3) is 0.222. The molecule has 0 fully saturated rings. The fourth-order valence-corrected chi connectivity index (χ4v) is 2.67. The van der Waals surface area contributed by atoms with E-state index in [9.17, 15) is 14.9 Å². The molecular weight excluding hydrogens is 322 g/mol. The van der Waals surface area contributed by atoms with Crippen LogP contribution in [-0.4, -0.2) is 36.7 Å². The molecule has 3 rings (SSSR count). The van der Waals surface area contributed by atoms with Gasteiger partial charge in [-0.3, -0.25) is 19.9 Å². The molecule has 7 heteroatoms. The number of non-ortho nitro benzene ring substituents is 1. The van der Waals surface area contributed by atoms with Gasteiger partial charge in [0, 0.05) is 36.0 Å². The van der Waals surface area contributed by atoms with Crippen molar-refractivity contribution in [2.75, 3.05) is 24.6 Å². The summed E-state index contributed by atoms with van der Waals surface area (Å²) in [5.41, 5.74) is 1.67. The largest absolute Gasteiger partial charge is 0.494 e. The van der Waals surface area contributed by atoms with Gasteiger partial charge in [0.15, 0.2) is 0 Å². The van der Waals surface area contributed by atoms with Crippen LogP contribution in [0.3, 0.4) is 0 Å². The molecule has 25 heavy (non-hydrogen) atoms. The Labute approximate surface area is 144 Å². The maximum Gasteiger partial charge on any atom is 0.270 e. The Morgan fingerprint density at radius 2 is 2.04 bits per heavy atom. The number of nitro benzene ring substituents is 1. The Balaban J connectivity index is 1.92. The average Bonchev–Trinajstić information content (AvgIpc) is 2.83. The van der Waals surface area contributed by atoms with Gasteiger partial charge in [-0.05, 0) is 37.3 Å². The van der Waals surface area contributed by atoms with Crippen LogP contribution in [0.4, 0.5) is 11.4 Å². The zero-order chi connectivity index (χ0) is 17.8. The molecule has 0 spiro atoms. The molecule has 0 unspecified atom stereocenters. The van der Waals surface area contributed by atoms with Crippen LogP contribution in [0.15, 0.2) is 47.5 Å². The number of carbonyl (C=O) groups excluding carboxylic acids is 1. The van der Waals surface area contributed by atoms with Gasteiger partial charge in [-0.2, -0.15) is 0 Å². The molecule has 1 aliphatic rings. The van der Waals surface area contributed by atoms with Crippen molar-refractivity contribution in [2.45, 2.75) is 6.92 Å². The number of anilines is 1. The van der Waals surface area contributed by atoms with Crippen molar-refractivity contribution in [3.63, 3.8) is 0 Å². The predicted molar refractivity (Wildman–Crippen MR) is 94.8 cm³/mol. The first-order chi connectivity index (χ1) is 12.1. The summed E-state index contributed by atoms with van der Waals surface area (Å²) < 4.78 is 5.39. The van der Waals surface area contributed by atoms with Gasteiger partial charge in [-0.25, -0.2) is 0 Å². The van der Waals surface area contributed by atoms with Gasteiger partial charge in [0.2, 0.25) is 0 Å². The van der Waals surface area contributed by atoms with E-state index in [1.165, 1.54) is 12.1 Å². The van der Waals surface area contributed by atoms with Crippen LogP contribution in [0.5, 0.6) is 5.75 Å². The molecule has 1 amide bonds.